The van der Waals surface area contributed by atoms with E-state index in [1.165, 1.54) is 12.2 Å². The quantitative estimate of drug-likeness (QED) is 0.0618. The zero-order chi connectivity index (χ0) is 20.9. The van der Waals surface area contributed by atoms with Crippen molar-refractivity contribution in [2.75, 3.05) is 6.54 Å². The summed E-state index contributed by atoms with van der Waals surface area (Å²) in [7, 11) is -4.89. The van der Waals surface area contributed by atoms with Gasteiger partial charge in [0, 0.05) is 31.2 Å². The number of nitrogens with zero attached hydrogens (tertiary/aromatic N) is 2. The van der Waals surface area contributed by atoms with Crippen molar-refractivity contribution in [3.8, 4) is 5.75 Å². The first-order valence-corrected chi connectivity index (χ1v) is 9.49. The zero-order valence-corrected chi connectivity index (χ0v) is 18.2. The molecule has 0 aliphatic carbocycles. The minimum atomic E-state index is -4.89. The third-order valence-corrected chi connectivity index (χ3v) is 4.63. The second kappa shape index (κ2) is 10.6. The SMILES string of the molecule is O=C(CCCCCN1C(=O)C=CC1=O)Oc1ccc(S(=O)(=O)[O-])cc1[N+](=O)[O-].[Na+]. The Kier molecular flexibility index (Phi) is 9.11. The van der Waals surface area contributed by atoms with Gasteiger partial charge in [0.05, 0.1) is 9.82 Å². The Labute approximate surface area is 187 Å². The van der Waals surface area contributed by atoms with Crippen molar-refractivity contribution in [3.05, 3.63) is 40.5 Å². The molecule has 2 rings (SSSR count). The van der Waals surface area contributed by atoms with Crippen LogP contribution < -0.4 is 34.3 Å². The Morgan fingerprint density at radius 3 is 2.28 bits per heavy atom. The van der Waals surface area contributed by atoms with E-state index in [2.05, 4.69) is 0 Å². The maximum Gasteiger partial charge on any atom is 1.00 e. The van der Waals surface area contributed by atoms with Crippen LogP contribution in [0.3, 0.4) is 0 Å². The first-order chi connectivity index (χ1) is 13.1. The molecule has 0 radical (unpaired) electrons. The number of amides is 2. The van der Waals surface area contributed by atoms with Gasteiger partial charge in [0.1, 0.15) is 10.1 Å². The molecule has 13 heteroatoms. The molecule has 0 saturated carbocycles. The molecule has 1 aromatic rings. The molecule has 0 aromatic heterocycles. The van der Waals surface area contributed by atoms with Crippen LogP contribution in [0.1, 0.15) is 25.7 Å². The summed E-state index contributed by atoms with van der Waals surface area (Å²) in [4.78, 5) is 44.9. The summed E-state index contributed by atoms with van der Waals surface area (Å²) in [6, 6.07) is 2.22. The molecule has 1 aliphatic heterocycles. The van der Waals surface area contributed by atoms with Gasteiger partial charge in [-0.15, -0.1) is 0 Å². The Hall–Kier alpha value is -2.12. The zero-order valence-electron chi connectivity index (χ0n) is 15.4. The molecule has 0 N–H and O–H groups in total. The Morgan fingerprint density at radius 1 is 1.10 bits per heavy atom. The number of ether oxygens (including phenoxy) is 1. The van der Waals surface area contributed by atoms with E-state index in [0.717, 1.165) is 17.0 Å². The Balaban J connectivity index is 0.00000420. The minimum absolute atomic E-state index is 0. The van der Waals surface area contributed by atoms with E-state index < -0.39 is 37.3 Å². The van der Waals surface area contributed by atoms with Gasteiger partial charge in [0.2, 0.25) is 5.75 Å². The van der Waals surface area contributed by atoms with Crippen molar-refractivity contribution >= 4 is 33.6 Å². The molecule has 2 amide bonds. The van der Waals surface area contributed by atoms with Gasteiger partial charge in [-0.1, -0.05) is 6.42 Å². The molecule has 0 unspecified atom stereocenters. The molecule has 0 saturated heterocycles. The molecule has 1 aliphatic rings. The fourth-order valence-corrected chi connectivity index (χ4v) is 2.91. The van der Waals surface area contributed by atoms with Crippen molar-refractivity contribution in [2.24, 2.45) is 0 Å². The van der Waals surface area contributed by atoms with Crippen LogP contribution in [0.25, 0.3) is 0 Å². The second-order valence-corrected chi connectivity index (χ2v) is 7.17. The molecule has 0 fully saturated rings. The van der Waals surface area contributed by atoms with Crippen LogP contribution in [0.5, 0.6) is 5.75 Å². The molecule has 1 heterocycles. The molecule has 11 nitrogen and oxygen atoms in total. The van der Waals surface area contributed by atoms with E-state index in [0.29, 0.717) is 25.3 Å². The summed E-state index contributed by atoms with van der Waals surface area (Å²) in [5, 5.41) is 11.0. The number of esters is 1. The standard InChI is InChI=1S/C16H16N2O9S.Na/c19-14-7-8-15(20)17(14)9-3-1-2-4-16(21)27-13-6-5-11(28(24,25)26)10-12(13)18(22)23;/h5-8,10H,1-4,9H2,(H,24,25,26);/q;+1/p-1. The summed E-state index contributed by atoms with van der Waals surface area (Å²) in [6.45, 7) is 0.219. The second-order valence-electron chi connectivity index (χ2n) is 5.79. The topological polar surface area (TPSA) is 164 Å². The number of rotatable bonds is 9. The van der Waals surface area contributed by atoms with Crippen LogP contribution in [0.15, 0.2) is 35.2 Å². The van der Waals surface area contributed by atoms with Crippen LogP contribution in [0.4, 0.5) is 5.69 Å². The Morgan fingerprint density at radius 2 is 1.72 bits per heavy atom. The van der Waals surface area contributed by atoms with Crippen molar-refractivity contribution < 1.29 is 66.6 Å². The monoisotopic (exact) mass is 434 g/mol. The molecule has 0 spiro atoms. The van der Waals surface area contributed by atoms with Crippen LogP contribution in [-0.4, -0.2) is 47.1 Å². The van der Waals surface area contributed by atoms with Gasteiger partial charge < -0.3 is 9.29 Å². The van der Waals surface area contributed by atoms with Gasteiger partial charge in [-0.2, -0.15) is 0 Å². The summed E-state index contributed by atoms with van der Waals surface area (Å²) in [5.74, 6) is -2.03. The summed E-state index contributed by atoms with van der Waals surface area (Å²) in [5.41, 5.74) is -0.816. The van der Waals surface area contributed by atoms with Gasteiger partial charge in [-0.3, -0.25) is 29.4 Å². The van der Waals surface area contributed by atoms with Crippen molar-refractivity contribution in [3.63, 3.8) is 0 Å². The third-order valence-electron chi connectivity index (χ3n) is 3.80. The van der Waals surface area contributed by atoms with E-state index in [4.69, 9.17) is 4.74 Å². The van der Waals surface area contributed by atoms with Gasteiger partial charge in [0.25, 0.3) is 11.8 Å². The average Bonchev–Trinajstić information content (AvgIpc) is 2.92. The average molecular weight is 434 g/mol. The predicted octanol–water partition coefficient (Wildman–Crippen LogP) is -2.11. The van der Waals surface area contributed by atoms with Crippen LogP contribution >= 0.6 is 0 Å². The molecule has 29 heavy (non-hydrogen) atoms. The first-order valence-electron chi connectivity index (χ1n) is 8.08. The number of nitro groups is 1. The number of benzene rings is 1. The van der Waals surface area contributed by atoms with Gasteiger partial charge >= 0.3 is 41.2 Å². The molecular formula is C16H15N2NaO9S. The van der Waals surface area contributed by atoms with Crippen molar-refractivity contribution in [2.45, 2.75) is 30.6 Å². The predicted molar refractivity (Wildman–Crippen MR) is 91.0 cm³/mol. The largest absolute Gasteiger partial charge is 1.00 e. The number of imide groups is 1. The molecule has 1 aromatic carbocycles. The summed E-state index contributed by atoms with van der Waals surface area (Å²) in [6.07, 6.45) is 3.60. The minimum Gasteiger partial charge on any atom is -0.744 e. The maximum absolute atomic E-state index is 11.8. The third kappa shape index (κ3) is 7.01. The normalized spacial score (nSPS) is 13.3. The van der Waals surface area contributed by atoms with Gasteiger partial charge in [-0.05, 0) is 25.0 Å². The fraction of sp³-hybridized carbons (Fsp3) is 0.312. The van der Waals surface area contributed by atoms with Gasteiger partial charge in [-0.25, -0.2) is 8.42 Å². The molecule has 150 valence electrons. The molecular weight excluding hydrogens is 419 g/mol. The number of hydrogen-bond donors (Lipinski definition) is 0. The Bertz CT molecular complexity index is 941. The van der Waals surface area contributed by atoms with Crippen LogP contribution in [0.2, 0.25) is 0 Å². The van der Waals surface area contributed by atoms with Crippen LogP contribution in [-0.2, 0) is 24.5 Å². The number of carbonyl (C=O) groups is 3. The fourth-order valence-electron chi connectivity index (χ4n) is 2.42. The first kappa shape index (κ1) is 24.9. The van der Waals surface area contributed by atoms with Crippen molar-refractivity contribution in [1.82, 2.24) is 4.90 Å². The van der Waals surface area contributed by atoms with E-state index in [1.54, 1.807) is 0 Å². The van der Waals surface area contributed by atoms with E-state index in [1.807, 2.05) is 0 Å². The van der Waals surface area contributed by atoms with Crippen molar-refractivity contribution in [1.29, 1.82) is 0 Å². The summed E-state index contributed by atoms with van der Waals surface area (Å²) >= 11 is 0. The van der Waals surface area contributed by atoms with E-state index >= 15 is 0 Å². The number of nitro benzene ring substituents is 1. The van der Waals surface area contributed by atoms with Crippen LogP contribution in [0, 0.1) is 10.1 Å². The number of unbranched alkanes of at least 4 members (excludes halogenated alkanes) is 2. The number of carbonyl (C=O) groups excluding carboxylic acids is 3. The molecule has 0 atom stereocenters. The molecule has 0 bridgehead atoms. The number of hydrogen-bond acceptors (Lipinski definition) is 9. The van der Waals surface area contributed by atoms with Gasteiger partial charge in [0.15, 0.2) is 0 Å². The smallest absolute Gasteiger partial charge is 0.744 e. The maximum atomic E-state index is 11.8. The van der Waals surface area contributed by atoms with E-state index in [-0.39, 0.29) is 54.3 Å². The van der Waals surface area contributed by atoms with E-state index in [9.17, 15) is 37.5 Å². The summed E-state index contributed by atoms with van der Waals surface area (Å²) < 4.78 is 37.7.